The monoisotopic (exact) mass is 554 g/mol. The van der Waals surface area contributed by atoms with Crippen LogP contribution in [0.5, 0.6) is 11.5 Å². The zero-order chi connectivity index (χ0) is 27.0. The average Bonchev–Trinajstić information content (AvgIpc) is 2.96. The van der Waals surface area contributed by atoms with Crippen molar-refractivity contribution in [2.24, 2.45) is 5.10 Å². The van der Waals surface area contributed by atoms with Crippen molar-refractivity contribution in [2.75, 3.05) is 0 Å². The molecule has 0 aromatic heterocycles. The summed E-state index contributed by atoms with van der Waals surface area (Å²) in [6, 6.07) is 34.0. The van der Waals surface area contributed by atoms with Gasteiger partial charge in [-0.25, -0.2) is 5.43 Å². The molecule has 0 unspecified atom stereocenters. The molecule has 5 aromatic rings. The van der Waals surface area contributed by atoms with Crippen LogP contribution in [0.15, 0.2) is 114 Å². The Morgan fingerprint density at radius 2 is 1.44 bits per heavy atom. The number of benzene rings is 5. The van der Waals surface area contributed by atoms with Crippen LogP contribution < -0.4 is 14.9 Å². The number of amides is 1. The summed E-state index contributed by atoms with van der Waals surface area (Å²) in [5.74, 6) is 0.667. The third-order valence-electron chi connectivity index (χ3n) is 6.08. The maximum absolute atomic E-state index is 12.9. The van der Waals surface area contributed by atoms with Crippen LogP contribution in [0.25, 0.3) is 10.8 Å². The van der Waals surface area contributed by atoms with Crippen molar-refractivity contribution >= 4 is 46.1 Å². The highest BCUT2D eigenvalue weighted by molar-refractivity contribution is 6.35. The second kappa shape index (κ2) is 12.5. The average molecular weight is 555 g/mol. The summed E-state index contributed by atoms with van der Waals surface area (Å²) >= 11 is 12.2. The predicted molar refractivity (Wildman–Crippen MR) is 157 cm³/mol. The molecule has 7 heteroatoms. The number of ether oxygens (including phenoxy) is 2. The Bertz CT molecular complexity index is 1650. The Kier molecular flexibility index (Phi) is 8.42. The zero-order valence-electron chi connectivity index (χ0n) is 20.8. The topological polar surface area (TPSA) is 59.9 Å². The summed E-state index contributed by atoms with van der Waals surface area (Å²) in [6.07, 6.45) is 1.56. The SMILES string of the molecule is O=C(N/N=C\c1ccccc1OCc1cccc2ccccc12)c1ccccc1OCc1ccc(Cl)cc1Cl. The second-order valence-electron chi connectivity index (χ2n) is 8.68. The van der Waals surface area contributed by atoms with Gasteiger partial charge in [0.1, 0.15) is 24.7 Å². The van der Waals surface area contributed by atoms with Crippen LogP contribution in [0.3, 0.4) is 0 Å². The molecule has 1 N–H and O–H groups in total. The number of hydrogen-bond donors (Lipinski definition) is 1. The van der Waals surface area contributed by atoms with Crippen LogP contribution in [-0.2, 0) is 13.2 Å². The number of fused-ring (bicyclic) bond motifs is 1. The van der Waals surface area contributed by atoms with E-state index in [0.717, 1.165) is 27.5 Å². The van der Waals surface area contributed by atoms with E-state index >= 15 is 0 Å². The molecule has 194 valence electrons. The number of rotatable bonds is 9. The molecule has 5 aromatic carbocycles. The Balaban J connectivity index is 1.24. The van der Waals surface area contributed by atoms with Crippen LogP contribution in [0.4, 0.5) is 0 Å². The highest BCUT2D eigenvalue weighted by Crippen LogP contribution is 2.25. The number of nitrogens with zero attached hydrogens (tertiary/aromatic N) is 1. The molecular weight excluding hydrogens is 531 g/mol. The van der Waals surface area contributed by atoms with Gasteiger partial charge in [0.2, 0.25) is 0 Å². The summed E-state index contributed by atoms with van der Waals surface area (Å²) in [7, 11) is 0. The minimum atomic E-state index is -0.404. The number of hydrazone groups is 1. The van der Waals surface area contributed by atoms with Gasteiger partial charge in [0.15, 0.2) is 0 Å². The van der Waals surface area contributed by atoms with Crippen molar-refractivity contribution in [3.63, 3.8) is 0 Å². The maximum atomic E-state index is 12.9. The van der Waals surface area contributed by atoms with Gasteiger partial charge in [-0.3, -0.25) is 4.79 Å². The number of carbonyl (C=O) groups is 1. The van der Waals surface area contributed by atoms with E-state index in [4.69, 9.17) is 32.7 Å². The number of halogens is 2. The highest BCUT2D eigenvalue weighted by Gasteiger charge is 2.13. The lowest BCUT2D eigenvalue weighted by atomic mass is 10.1. The summed E-state index contributed by atoms with van der Waals surface area (Å²) in [5.41, 5.74) is 5.51. The van der Waals surface area contributed by atoms with E-state index in [0.29, 0.717) is 33.7 Å². The lowest BCUT2D eigenvalue weighted by Gasteiger charge is -2.12. The Morgan fingerprint density at radius 1 is 0.744 bits per heavy atom. The van der Waals surface area contributed by atoms with Crippen LogP contribution in [0.1, 0.15) is 27.0 Å². The van der Waals surface area contributed by atoms with Gasteiger partial charge in [-0.05, 0) is 52.7 Å². The van der Waals surface area contributed by atoms with Crippen molar-refractivity contribution in [1.82, 2.24) is 5.43 Å². The van der Waals surface area contributed by atoms with Gasteiger partial charge < -0.3 is 9.47 Å². The van der Waals surface area contributed by atoms with E-state index in [-0.39, 0.29) is 6.61 Å². The Labute approximate surface area is 236 Å². The van der Waals surface area contributed by atoms with Crippen molar-refractivity contribution < 1.29 is 14.3 Å². The number of carbonyl (C=O) groups excluding carboxylic acids is 1. The summed E-state index contributed by atoms with van der Waals surface area (Å²) in [4.78, 5) is 12.9. The van der Waals surface area contributed by atoms with Gasteiger partial charge in [0, 0.05) is 21.2 Å². The van der Waals surface area contributed by atoms with Gasteiger partial charge >= 0.3 is 0 Å². The van der Waals surface area contributed by atoms with Crippen molar-refractivity contribution in [2.45, 2.75) is 13.2 Å². The largest absolute Gasteiger partial charge is 0.488 e. The summed E-state index contributed by atoms with van der Waals surface area (Å²) < 4.78 is 12.0. The molecule has 0 fully saturated rings. The molecular formula is C32H24Cl2N2O3. The highest BCUT2D eigenvalue weighted by atomic mass is 35.5. The smallest absolute Gasteiger partial charge is 0.275 e. The first-order chi connectivity index (χ1) is 19.1. The van der Waals surface area contributed by atoms with Gasteiger partial charge in [-0.15, -0.1) is 0 Å². The van der Waals surface area contributed by atoms with E-state index in [1.54, 1.807) is 48.7 Å². The predicted octanol–water partition coefficient (Wildman–Crippen LogP) is 8.07. The third-order valence-corrected chi connectivity index (χ3v) is 6.67. The molecule has 0 heterocycles. The fourth-order valence-corrected chi connectivity index (χ4v) is 4.55. The molecule has 5 rings (SSSR count). The van der Waals surface area contributed by atoms with E-state index in [9.17, 15) is 4.79 Å². The van der Waals surface area contributed by atoms with Gasteiger partial charge in [0.25, 0.3) is 5.91 Å². The Morgan fingerprint density at radius 3 is 2.31 bits per heavy atom. The standard InChI is InChI=1S/C32H24Cl2N2O3/c33-26-17-16-25(29(34)18-26)21-39-31-15-6-4-13-28(31)32(37)36-35-19-23-9-2-5-14-30(23)38-20-24-11-7-10-22-8-1-3-12-27(22)24/h1-19H,20-21H2,(H,36,37)/b35-19-. The summed E-state index contributed by atoms with van der Waals surface area (Å²) in [6.45, 7) is 0.589. The van der Waals surface area contributed by atoms with E-state index < -0.39 is 5.91 Å². The Hall–Kier alpha value is -4.32. The molecule has 0 aliphatic rings. The molecule has 0 aliphatic heterocycles. The quantitative estimate of drug-likeness (QED) is 0.148. The van der Waals surface area contributed by atoms with Crippen LogP contribution >= 0.6 is 23.2 Å². The van der Waals surface area contributed by atoms with Crippen LogP contribution in [0, 0.1) is 0 Å². The fraction of sp³-hybridized carbons (Fsp3) is 0.0625. The lowest BCUT2D eigenvalue weighted by molar-refractivity contribution is 0.0950. The molecule has 1 amide bonds. The van der Waals surface area contributed by atoms with Crippen molar-refractivity contribution in [1.29, 1.82) is 0 Å². The van der Waals surface area contributed by atoms with Gasteiger partial charge in [-0.2, -0.15) is 5.10 Å². The van der Waals surface area contributed by atoms with E-state index in [1.807, 2.05) is 42.5 Å². The molecule has 0 spiro atoms. The molecule has 0 radical (unpaired) electrons. The first-order valence-corrected chi connectivity index (χ1v) is 13.0. The van der Waals surface area contributed by atoms with E-state index in [2.05, 4.69) is 34.8 Å². The maximum Gasteiger partial charge on any atom is 0.275 e. The molecule has 39 heavy (non-hydrogen) atoms. The van der Waals surface area contributed by atoms with Crippen LogP contribution in [-0.4, -0.2) is 12.1 Å². The normalized spacial score (nSPS) is 11.0. The van der Waals surface area contributed by atoms with Crippen LogP contribution in [0.2, 0.25) is 10.0 Å². The number of para-hydroxylation sites is 2. The van der Waals surface area contributed by atoms with E-state index in [1.165, 1.54) is 0 Å². The van der Waals surface area contributed by atoms with Gasteiger partial charge in [-0.1, -0.05) is 96.0 Å². The second-order valence-corrected chi connectivity index (χ2v) is 9.53. The molecule has 5 nitrogen and oxygen atoms in total. The summed E-state index contributed by atoms with van der Waals surface area (Å²) in [5, 5.41) is 7.52. The number of hydrogen-bond acceptors (Lipinski definition) is 4. The third kappa shape index (κ3) is 6.58. The minimum absolute atomic E-state index is 0.185. The molecule has 0 saturated carbocycles. The minimum Gasteiger partial charge on any atom is -0.488 e. The van der Waals surface area contributed by atoms with Crippen molar-refractivity contribution in [3.8, 4) is 11.5 Å². The molecule has 0 bridgehead atoms. The molecule has 0 saturated heterocycles. The first-order valence-electron chi connectivity index (χ1n) is 12.3. The van der Waals surface area contributed by atoms with Crippen molar-refractivity contribution in [3.05, 3.63) is 141 Å². The zero-order valence-corrected chi connectivity index (χ0v) is 22.3. The first kappa shape index (κ1) is 26.3. The lowest BCUT2D eigenvalue weighted by Crippen LogP contribution is -2.18. The molecule has 0 atom stereocenters. The fourth-order valence-electron chi connectivity index (χ4n) is 4.09. The molecule has 0 aliphatic carbocycles. The number of nitrogens with one attached hydrogen (secondary N) is 1. The van der Waals surface area contributed by atoms with Gasteiger partial charge in [0.05, 0.1) is 11.8 Å².